The zero-order valence-corrected chi connectivity index (χ0v) is 11.8. The highest BCUT2D eigenvalue weighted by atomic mass is 35.5. The smallest absolute Gasteiger partial charge is 0.339 e. The third kappa shape index (κ3) is 3.19. The Labute approximate surface area is 118 Å². The Morgan fingerprint density at radius 3 is 3.05 bits per heavy atom. The highest BCUT2D eigenvalue weighted by Gasteiger charge is 2.23. The number of aromatic carboxylic acids is 1. The van der Waals surface area contributed by atoms with Gasteiger partial charge in [0.1, 0.15) is 5.56 Å². The van der Waals surface area contributed by atoms with E-state index >= 15 is 0 Å². The molecule has 1 fully saturated rings. The number of benzene rings is 1. The molecule has 1 aromatic carbocycles. The Morgan fingerprint density at radius 2 is 2.37 bits per heavy atom. The number of likely N-dealkylation sites (tertiary alicyclic amines) is 1. The summed E-state index contributed by atoms with van der Waals surface area (Å²) in [6.45, 7) is 5.08. The molecule has 4 nitrogen and oxygen atoms in total. The van der Waals surface area contributed by atoms with Crippen LogP contribution < -0.4 is 5.32 Å². The lowest BCUT2D eigenvalue weighted by Gasteiger charge is -2.23. The van der Waals surface area contributed by atoms with Gasteiger partial charge in [-0.3, -0.25) is 4.90 Å². The maximum absolute atomic E-state index is 11.2. The number of carbonyl (C=O) groups is 1. The van der Waals surface area contributed by atoms with Gasteiger partial charge in [-0.2, -0.15) is 0 Å². The Balaban J connectivity index is 2.07. The Hall–Kier alpha value is -1.26. The summed E-state index contributed by atoms with van der Waals surface area (Å²) >= 11 is 5.94. The number of anilines is 1. The largest absolute Gasteiger partial charge is 0.478 e. The van der Waals surface area contributed by atoms with E-state index in [-0.39, 0.29) is 10.6 Å². The summed E-state index contributed by atoms with van der Waals surface area (Å²) in [6.07, 6.45) is 2.37. The number of nitrogens with one attached hydrogen (secondary N) is 1. The van der Waals surface area contributed by atoms with Crippen molar-refractivity contribution in [3.8, 4) is 0 Å². The van der Waals surface area contributed by atoms with Crippen molar-refractivity contribution in [1.82, 2.24) is 4.90 Å². The van der Waals surface area contributed by atoms with Gasteiger partial charge in [0, 0.05) is 12.6 Å². The van der Waals surface area contributed by atoms with Crippen LogP contribution in [0.25, 0.3) is 0 Å². The van der Waals surface area contributed by atoms with Crippen LogP contribution in [0.15, 0.2) is 18.2 Å². The van der Waals surface area contributed by atoms with Gasteiger partial charge >= 0.3 is 5.97 Å². The fraction of sp³-hybridized carbons (Fsp3) is 0.500. The first-order valence-electron chi connectivity index (χ1n) is 6.63. The molecule has 5 heteroatoms. The zero-order valence-electron chi connectivity index (χ0n) is 11.0. The first kappa shape index (κ1) is 14.2. The fourth-order valence-corrected chi connectivity index (χ4v) is 2.91. The van der Waals surface area contributed by atoms with E-state index in [1.165, 1.54) is 6.42 Å². The molecule has 1 heterocycles. The number of likely N-dealkylation sites (N-methyl/N-ethyl adjacent to an activating group) is 1. The SMILES string of the molecule is CCN1CCCC1CNc1cccc(Cl)c1C(=O)O. The lowest BCUT2D eigenvalue weighted by atomic mass is 10.1. The van der Waals surface area contributed by atoms with Crippen molar-refractivity contribution >= 4 is 23.3 Å². The van der Waals surface area contributed by atoms with E-state index in [1.807, 2.05) is 0 Å². The standard InChI is InChI=1S/C14H19ClN2O2/c1-2-17-8-4-5-10(17)9-16-12-7-3-6-11(15)13(12)14(18)19/h3,6-7,10,16H,2,4-5,8-9H2,1H3,(H,18,19). The van der Waals surface area contributed by atoms with Crippen LogP contribution in [0.4, 0.5) is 5.69 Å². The average Bonchev–Trinajstić information content (AvgIpc) is 2.83. The second-order valence-corrected chi connectivity index (χ2v) is 5.18. The molecule has 1 aromatic rings. The molecule has 0 radical (unpaired) electrons. The number of nitrogens with zero attached hydrogens (tertiary/aromatic N) is 1. The minimum atomic E-state index is -0.994. The summed E-state index contributed by atoms with van der Waals surface area (Å²) < 4.78 is 0. The minimum absolute atomic E-state index is 0.158. The molecule has 2 N–H and O–H groups in total. The van der Waals surface area contributed by atoms with E-state index in [1.54, 1.807) is 18.2 Å². The van der Waals surface area contributed by atoms with Gasteiger partial charge in [-0.1, -0.05) is 24.6 Å². The van der Waals surface area contributed by atoms with Crippen LogP contribution in [0, 0.1) is 0 Å². The van der Waals surface area contributed by atoms with Crippen LogP contribution in [0.5, 0.6) is 0 Å². The van der Waals surface area contributed by atoms with Crippen molar-refractivity contribution in [1.29, 1.82) is 0 Å². The van der Waals surface area contributed by atoms with Gasteiger partial charge in [0.15, 0.2) is 0 Å². The van der Waals surface area contributed by atoms with Crippen molar-refractivity contribution in [2.24, 2.45) is 0 Å². The summed E-state index contributed by atoms with van der Waals surface area (Å²) in [7, 11) is 0. The third-order valence-electron chi connectivity index (χ3n) is 3.66. The number of hydrogen-bond acceptors (Lipinski definition) is 3. The Morgan fingerprint density at radius 1 is 1.58 bits per heavy atom. The van der Waals surface area contributed by atoms with Crippen LogP contribution in [-0.2, 0) is 0 Å². The summed E-state index contributed by atoms with van der Waals surface area (Å²) in [6, 6.07) is 5.61. The molecule has 1 aliphatic heterocycles. The summed E-state index contributed by atoms with van der Waals surface area (Å²) in [4.78, 5) is 13.6. The first-order chi connectivity index (χ1) is 9.13. The van der Waals surface area contributed by atoms with E-state index in [9.17, 15) is 9.90 Å². The third-order valence-corrected chi connectivity index (χ3v) is 3.98. The number of hydrogen-bond donors (Lipinski definition) is 2. The summed E-state index contributed by atoms with van der Waals surface area (Å²) in [5.74, 6) is -0.994. The van der Waals surface area contributed by atoms with E-state index in [4.69, 9.17) is 11.6 Å². The number of rotatable bonds is 5. The molecule has 104 valence electrons. The van der Waals surface area contributed by atoms with Gasteiger partial charge in [-0.25, -0.2) is 4.79 Å². The van der Waals surface area contributed by atoms with Gasteiger partial charge in [-0.05, 0) is 38.1 Å². The molecule has 1 unspecified atom stereocenters. The Bertz CT molecular complexity index is 465. The second-order valence-electron chi connectivity index (χ2n) is 4.77. The maximum Gasteiger partial charge on any atom is 0.339 e. The van der Waals surface area contributed by atoms with Crippen molar-refractivity contribution in [2.75, 3.05) is 25.0 Å². The summed E-state index contributed by atoms with van der Waals surface area (Å²) in [5, 5.41) is 12.7. The predicted molar refractivity (Wildman–Crippen MR) is 77.2 cm³/mol. The zero-order chi connectivity index (χ0) is 13.8. The molecule has 0 amide bonds. The van der Waals surface area contributed by atoms with Gasteiger partial charge in [-0.15, -0.1) is 0 Å². The van der Waals surface area contributed by atoms with Crippen LogP contribution >= 0.6 is 11.6 Å². The number of carboxylic acid groups (broad SMARTS) is 1. The molecule has 0 bridgehead atoms. The molecule has 1 atom stereocenters. The highest BCUT2D eigenvalue weighted by Crippen LogP contribution is 2.25. The number of halogens is 1. The summed E-state index contributed by atoms with van der Waals surface area (Å²) in [5.41, 5.74) is 0.758. The van der Waals surface area contributed by atoms with Crippen molar-refractivity contribution in [2.45, 2.75) is 25.8 Å². The fourth-order valence-electron chi connectivity index (χ4n) is 2.66. The van der Waals surface area contributed by atoms with Gasteiger partial charge in [0.2, 0.25) is 0 Å². The van der Waals surface area contributed by atoms with E-state index < -0.39 is 5.97 Å². The lowest BCUT2D eigenvalue weighted by molar-refractivity contribution is 0.0698. The van der Waals surface area contributed by atoms with E-state index in [0.717, 1.165) is 26.1 Å². The average molecular weight is 283 g/mol. The Kier molecular flexibility index (Phi) is 4.66. The molecular formula is C14H19ClN2O2. The monoisotopic (exact) mass is 282 g/mol. The molecular weight excluding hydrogens is 264 g/mol. The van der Waals surface area contributed by atoms with Crippen molar-refractivity contribution in [3.05, 3.63) is 28.8 Å². The van der Waals surface area contributed by atoms with Crippen LogP contribution in [-0.4, -0.2) is 41.7 Å². The number of carboxylic acids is 1. The van der Waals surface area contributed by atoms with E-state index in [0.29, 0.717) is 11.7 Å². The molecule has 2 rings (SSSR count). The quantitative estimate of drug-likeness (QED) is 0.872. The van der Waals surface area contributed by atoms with Gasteiger partial charge in [0.25, 0.3) is 0 Å². The normalized spacial score (nSPS) is 19.6. The van der Waals surface area contributed by atoms with Gasteiger partial charge in [0.05, 0.1) is 10.7 Å². The van der Waals surface area contributed by atoms with Crippen molar-refractivity contribution in [3.63, 3.8) is 0 Å². The first-order valence-corrected chi connectivity index (χ1v) is 7.01. The molecule has 0 saturated carbocycles. The van der Waals surface area contributed by atoms with E-state index in [2.05, 4.69) is 17.1 Å². The lowest BCUT2D eigenvalue weighted by Crippen LogP contribution is -2.34. The second kappa shape index (κ2) is 6.26. The molecule has 19 heavy (non-hydrogen) atoms. The van der Waals surface area contributed by atoms with Gasteiger partial charge < -0.3 is 10.4 Å². The minimum Gasteiger partial charge on any atom is -0.478 e. The highest BCUT2D eigenvalue weighted by molar-refractivity contribution is 6.34. The molecule has 0 spiro atoms. The molecule has 0 aromatic heterocycles. The molecule has 0 aliphatic carbocycles. The molecule has 1 aliphatic rings. The van der Waals surface area contributed by atoms with Crippen LogP contribution in [0.2, 0.25) is 5.02 Å². The van der Waals surface area contributed by atoms with Crippen molar-refractivity contribution < 1.29 is 9.90 Å². The maximum atomic E-state index is 11.2. The van der Waals surface area contributed by atoms with Crippen LogP contribution in [0.3, 0.4) is 0 Å². The van der Waals surface area contributed by atoms with Crippen LogP contribution in [0.1, 0.15) is 30.1 Å². The topological polar surface area (TPSA) is 52.6 Å². The molecule has 1 saturated heterocycles. The predicted octanol–water partition coefficient (Wildman–Crippen LogP) is 2.93.